The molecule has 0 aliphatic carbocycles. The highest BCUT2D eigenvalue weighted by Gasteiger charge is 2.19. The minimum Gasteiger partial charge on any atom is -0.479 e. The van der Waals surface area contributed by atoms with Crippen LogP contribution in [0.5, 0.6) is 0 Å². The number of hydrogen-bond donors (Lipinski definition) is 0. The van der Waals surface area contributed by atoms with E-state index in [9.17, 15) is 0 Å². The Morgan fingerprint density at radius 3 is 2.91 bits per heavy atom. The van der Waals surface area contributed by atoms with Gasteiger partial charge in [-0.1, -0.05) is 48.0 Å². The predicted molar refractivity (Wildman–Crippen MR) is 97.9 cm³/mol. The molecule has 7 heteroatoms. The largest absolute Gasteiger partial charge is 0.479 e. The van der Waals surface area contributed by atoms with Gasteiger partial charge in [-0.2, -0.15) is 0 Å². The summed E-state index contributed by atoms with van der Waals surface area (Å²) in [4.78, 5) is 4.07. The maximum atomic E-state index is 6.35. The number of thioether (sulfide) groups is 1. The molecule has 0 bridgehead atoms. The fourth-order valence-corrected chi connectivity index (χ4v) is 3.88. The van der Waals surface area contributed by atoms with Crippen molar-refractivity contribution in [3.63, 3.8) is 0 Å². The third-order valence-corrected chi connectivity index (χ3v) is 4.87. The number of benzene rings is 1. The van der Waals surface area contributed by atoms with Crippen LogP contribution in [0.25, 0.3) is 0 Å². The van der Waals surface area contributed by atoms with E-state index in [0.29, 0.717) is 27.6 Å². The van der Waals surface area contributed by atoms with Crippen LogP contribution in [0.4, 0.5) is 0 Å². The first-order valence-electron chi connectivity index (χ1n) is 6.84. The van der Waals surface area contributed by atoms with Crippen LogP contribution in [0, 0.1) is 0 Å². The van der Waals surface area contributed by atoms with Crippen LogP contribution in [0.2, 0.25) is 10.0 Å². The molecule has 0 saturated heterocycles. The van der Waals surface area contributed by atoms with Gasteiger partial charge in [-0.15, -0.1) is 0 Å². The van der Waals surface area contributed by atoms with Gasteiger partial charge in [0.05, 0.1) is 18.2 Å². The maximum Gasteiger partial charge on any atom is 0.220 e. The summed E-state index contributed by atoms with van der Waals surface area (Å²) in [7, 11) is 0. The highest BCUT2D eigenvalue weighted by atomic mass is 35.5. The molecule has 3 nitrogen and oxygen atoms in total. The number of imidazole rings is 1. The van der Waals surface area contributed by atoms with Crippen LogP contribution in [0.3, 0.4) is 0 Å². The molecule has 22 heavy (non-hydrogen) atoms. The zero-order chi connectivity index (χ0) is 15.9. The average Bonchev–Trinajstić information content (AvgIpc) is 2.97. The normalized spacial score (nSPS) is 12.1. The third kappa shape index (κ3) is 5.16. The van der Waals surface area contributed by atoms with E-state index in [-0.39, 0.29) is 5.25 Å². The zero-order valence-electron chi connectivity index (χ0n) is 12.0. The molecule has 0 spiro atoms. The predicted octanol–water partition coefficient (Wildman–Crippen LogP) is 5.38. The zero-order valence-corrected chi connectivity index (χ0v) is 15.2. The summed E-state index contributed by atoms with van der Waals surface area (Å²) in [5.74, 6) is 0. The molecule has 2 aromatic rings. The van der Waals surface area contributed by atoms with Crippen LogP contribution in [0.1, 0.15) is 24.2 Å². The number of aromatic nitrogens is 2. The van der Waals surface area contributed by atoms with E-state index in [4.69, 9.17) is 40.2 Å². The van der Waals surface area contributed by atoms with Gasteiger partial charge in [-0.25, -0.2) is 4.98 Å². The van der Waals surface area contributed by atoms with E-state index in [0.717, 1.165) is 12.0 Å². The van der Waals surface area contributed by atoms with E-state index in [1.807, 2.05) is 29.8 Å². The van der Waals surface area contributed by atoms with E-state index in [1.54, 1.807) is 18.6 Å². The Kier molecular flexibility index (Phi) is 7.02. The molecule has 1 atom stereocenters. The van der Waals surface area contributed by atoms with Gasteiger partial charge in [0.2, 0.25) is 4.38 Å². The summed E-state index contributed by atoms with van der Waals surface area (Å²) in [5, 5.41) is 1.27. The Labute approximate surface area is 150 Å². The molecule has 1 aromatic heterocycles. The molecule has 2 rings (SSSR count). The Morgan fingerprint density at radius 1 is 1.45 bits per heavy atom. The number of halogens is 2. The van der Waals surface area contributed by atoms with Crippen LogP contribution in [0.15, 0.2) is 36.9 Å². The van der Waals surface area contributed by atoms with Crippen molar-refractivity contribution in [3.05, 3.63) is 52.5 Å². The molecule has 0 saturated carbocycles. The number of thiocarbonyl (C=S) groups is 1. The van der Waals surface area contributed by atoms with E-state index in [2.05, 4.69) is 4.98 Å². The lowest BCUT2D eigenvalue weighted by atomic mass is 10.1. The summed E-state index contributed by atoms with van der Waals surface area (Å²) >= 11 is 19.1. The lowest BCUT2D eigenvalue weighted by Gasteiger charge is -2.19. The highest BCUT2D eigenvalue weighted by molar-refractivity contribution is 8.22. The van der Waals surface area contributed by atoms with Crippen LogP contribution in [-0.4, -0.2) is 20.5 Å². The fourth-order valence-electron chi connectivity index (χ4n) is 1.88. The molecule has 0 radical (unpaired) electrons. The van der Waals surface area contributed by atoms with Crippen molar-refractivity contribution in [2.75, 3.05) is 6.61 Å². The molecular formula is C15H16Cl2N2OS2. The fraction of sp³-hybridized carbons (Fsp3) is 0.333. The first-order chi connectivity index (χ1) is 10.6. The van der Waals surface area contributed by atoms with Gasteiger partial charge in [0.25, 0.3) is 0 Å². The van der Waals surface area contributed by atoms with Crippen molar-refractivity contribution < 1.29 is 4.74 Å². The number of hydrogen-bond acceptors (Lipinski definition) is 4. The molecule has 0 aliphatic rings. The monoisotopic (exact) mass is 374 g/mol. The molecule has 0 aliphatic heterocycles. The Bertz CT molecular complexity index is 620. The number of nitrogens with zero attached hydrogens (tertiary/aromatic N) is 2. The number of ether oxygens (including phenoxy) is 1. The van der Waals surface area contributed by atoms with E-state index < -0.39 is 0 Å². The van der Waals surface area contributed by atoms with Gasteiger partial charge < -0.3 is 9.30 Å². The van der Waals surface area contributed by atoms with Crippen molar-refractivity contribution in [2.45, 2.75) is 25.1 Å². The van der Waals surface area contributed by atoms with Gasteiger partial charge in [0.1, 0.15) is 0 Å². The van der Waals surface area contributed by atoms with E-state index >= 15 is 0 Å². The standard InChI is InChI=1S/C15H16Cl2N2OS2/c1-2-7-20-15(21)22-14(9-19-6-5-18-10-19)12-4-3-11(16)8-13(12)17/h3-6,8,10,14H,2,7,9H2,1H3. The quantitative estimate of drug-likeness (QED) is 0.634. The summed E-state index contributed by atoms with van der Waals surface area (Å²) in [6.07, 6.45) is 6.35. The molecular weight excluding hydrogens is 359 g/mol. The summed E-state index contributed by atoms with van der Waals surface area (Å²) < 4.78 is 8.04. The smallest absolute Gasteiger partial charge is 0.220 e. The Morgan fingerprint density at radius 2 is 2.27 bits per heavy atom. The summed E-state index contributed by atoms with van der Waals surface area (Å²) in [6.45, 7) is 3.37. The van der Waals surface area contributed by atoms with E-state index in [1.165, 1.54) is 11.8 Å². The van der Waals surface area contributed by atoms with Crippen LogP contribution < -0.4 is 0 Å². The molecule has 1 heterocycles. The first kappa shape index (κ1) is 17.6. The van der Waals surface area contributed by atoms with Crippen LogP contribution >= 0.6 is 47.2 Å². The van der Waals surface area contributed by atoms with Crippen molar-refractivity contribution in [3.8, 4) is 0 Å². The lowest BCUT2D eigenvalue weighted by molar-refractivity contribution is 0.321. The second-order valence-electron chi connectivity index (χ2n) is 4.63. The van der Waals surface area contributed by atoms with Gasteiger partial charge in [0, 0.05) is 29.0 Å². The summed E-state index contributed by atoms with van der Waals surface area (Å²) in [5.41, 5.74) is 0.979. The topological polar surface area (TPSA) is 27.1 Å². The molecule has 0 N–H and O–H groups in total. The molecule has 1 unspecified atom stereocenters. The van der Waals surface area contributed by atoms with Gasteiger partial charge in [-0.05, 0) is 36.3 Å². The second-order valence-corrected chi connectivity index (χ2v) is 7.28. The Hall–Kier alpha value is -0.750. The van der Waals surface area contributed by atoms with Gasteiger partial charge in [-0.3, -0.25) is 0 Å². The number of rotatable bonds is 6. The second kappa shape index (κ2) is 8.77. The summed E-state index contributed by atoms with van der Waals surface area (Å²) in [6, 6.07) is 5.51. The highest BCUT2D eigenvalue weighted by Crippen LogP contribution is 2.37. The Balaban J connectivity index is 2.18. The molecule has 0 fully saturated rings. The minimum absolute atomic E-state index is 0.0309. The van der Waals surface area contributed by atoms with Crippen LogP contribution in [-0.2, 0) is 11.3 Å². The minimum atomic E-state index is 0.0309. The lowest BCUT2D eigenvalue weighted by Crippen LogP contribution is -2.09. The van der Waals surface area contributed by atoms with Crippen molar-refractivity contribution in [1.29, 1.82) is 0 Å². The average molecular weight is 375 g/mol. The molecule has 118 valence electrons. The third-order valence-electron chi connectivity index (χ3n) is 2.91. The SMILES string of the molecule is CCCOC(=S)SC(Cn1ccnc1)c1ccc(Cl)cc1Cl. The molecule has 1 aromatic carbocycles. The van der Waals surface area contributed by atoms with Crippen molar-refractivity contribution in [2.24, 2.45) is 0 Å². The molecule has 0 amide bonds. The maximum absolute atomic E-state index is 6.35. The first-order valence-corrected chi connectivity index (χ1v) is 8.88. The van der Waals surface area contributed by atoms with Crippen molar-refractivity contribution in [1.82, 2.24) is 9.55 Å². The van der Waals surface area contributed by atoms with Crippen molar-refractivity contribution >= 4 is 51.6 Å². The van der Waals surface area contributed by atoms with Gasteiger partial charge in [0.15, 0.2) is 0 Å². The van der Waals surface area contributed by atoms with Gasteiger partial charge >= 0.3 is 0 Å².